The lowest BCUT2D eigenvalue weighted by molar-refractivity contribution is 0.0995. The molecule has 2 aliphatic carbocycles. The molecule has 4 N–H and O–H groups in total. The van der Waals surface area contributed by atoms with Crippen molar-refractivity contribution in [2.75, 3.05) is 10.2 Å². The van der Waals surface area contributed by atoms with Crippen molar-refractivity contribution in [3.05, 3.63) is 17.2 Å². The summed E-state index contributed by atoms with van der Waals surface area (Å²) < 4.78 is 0. The number of fused-ring (bicyclic) bond motifs is 1. The average molecular weight is 295 g/mol. The molecule has 1 aromatic rings. The fourth-order valence-electron chi connectivity index (χ4n) is 3.15. The van der Waals surface area contributed by atoms with Crippen LogP contribution in [0, 0.1) is 0 Å². The first kappa shape index (κ1) is 13.6. The van der Waals surface area contributed by atoms with Gasteiger partial charge in [0, 0.05) is 30.3 Å². The molecular weight excluding hydrogens is 276 g/mol. The Morgan fingerprint density at radius 1 is 1.30 bits per heavy atom. The van der Waals surface area contributed by atoms with Crippen LogP contribution in [-0.2, 0) is 6.42 Å². The van der Waals surface area contributed by atoms with Crippen molar-refractivity contribution in [3.63, 3.8) is 0 Å². The first-order valence-electron chi connectivity index (χ1n) is 7.15. The molecule has 0 unspecified atom stereocenters. The molecule has 6 heteroatoms. The number of Topliss-reactive ketones (excluding diaryl/α,β-unsaturated/α-hetero) is 1. The van der Waals surface area contributed by atoms with E-state index in [1.165, 1.54) is 12.8 Å². The molecule has 3 rings (SSSR count). The van der Waals surface area contributed by atoms with E-state index in [0.717, 1.165) is 30.6 Å². The zero-order valence-electron chi connectivity index (χ0n) is 11.3. The molecule has 1 heterocycles. The van der Waals surface area contributed by atoms with E-state index in [2.05, 4.69) is 15.1 Å². The number of hydrogen-bond acceptors (Lipinski definition) is 5. The number of nitrogens with zero attached hydrogens (tertiary/aromatic N) is 1. The van der Waals surface area contributed by atoms with Crippen molar-refractivity contribution in [3.8, 4) is 0 Å². The van der Waals surface area contributed by atoms with Crippen LogP contribution >= 0.6 is 11.8 Å². The van der Waals surface area contributed by atoms with Crippen LogP contribution in [0.2, 0.25) is 0 Å². The number of carbonyl (C=O) groups excluding carboxylic acids is 1. The number of aromatic nitrogens is 1. The van der Waals surface area contributed by atoms with E-state index in [4.69, 9.17) is 17.5 Å². The summed E-state index contributed by atoms with van der Waals surface area (Å²) in [7, 11) is 0. The van der Waals surface area contributed by atoms with Gasteiger partial charge in [-0.25, -0.2) is 4.98 Å². The topological polar surface area (TPSA) is 80.0 Å². The van der Waals surface area contributed by atoms with Crippen molar-refractivity contribution in [2.45, 2.75) is 50.6 Å². The average Bonchev–Trinajstić information content (AvgIpc) is 2.82. The van der Waals surface area contributed by atoms with E-state index >= 15 is 0 Å². The predicted octanol–water partition coefficient (Wildman–Crippen LogP) is 2.46. The molecule has 2 atom stereocenters. The van der Waals surface area contributed by atoms with Crippen molar-refractivity contribution in [1.29, 1.82) is 0 Å². The monoisotopic (exact) mass is 294 g/mol. The fourth-order valence-corrected chi connectivity index (χ4v) is 3.29. The minimum absolute atomic E-state index is 0.108. The van der Waals surface area contributed by atoms with Gasteiger partial charge in [-0.05, 0) is 30.9 Å². The molecule has 1 aromatic heterocycles. The molecule has 0 bridgehead atoms. The van der Waals surface area contributed by atoms with Gasteiger partial charge in [0.15, 0.2) is 11.6 Å². The van der Waals surface area contributed by atoms with Gasteiger partial charge in [-0.15, -0.1) is 0 Å². The van der Waals surface area contributed by atoms with Crippen LogP contribution < -0.4 is 15.9 Å². The third kappa shape index (κ3) is 2.47. The number of carbonyl (C=O) groups is 1. The van der Waals surface area contributed by atoms with Crippen LogP contribution in [-0.4, -0.2) is 22.9 Å². The number of hydrogen-bond donors (Lipinski definition) is 3. The predicted molar refractivity (Wildman–Crippen MR) is 80.2 cm³/mol. The summed E-state index contributed by atoms with van der Waals surface area (Å²) in [5, 5.41) is 3.40. The van der Waals surface area contributed by atoms with E-state index < -0.39 is 0 Å². The lowest BCUT2D eigenvalue weighted by Gasteiger charge is -2.30. The maximum absolute atomic E-state index is 11.8. The highest BCUT2D eigenvalue weighted by molar-refractivity contribution is 6.25. The van der Waals surface area contributed by atoms with Crippen molar-refractivity contribution in [2.24, 2.45) is 5.73 Å². The third-order valence-corrected chi connectivity index (χ3v) is 4.42. The summed E-state index contributed by atoms with van der Waals surface area (Å²) >= 11 is 5.70. The zero-order chi connectivity index (χ0) is 14.1. The summed E-state index contributed by atoms with van der Waals surface area (Å²) in [4.78, 5) is 18.7. The quantitative estimate of drug-likeness (QED) is 0.746. The Balaban J connectivity index is 1.85. The van der Waals surface area contributed by atoms with Crippen LogP contribution in [0.5, 0.6) is 0 Å². The Kier molecular flexibility index (Phi) is 3.81. The summed E-state index contributed by atoms with van der Waals surface area (Å²) in [6, 6.07) is 2.36. The standard InChI is InChI=1S/C14H19ClN4O/c15-19-14-13-8(5-6-11(13)20)7-12(18-14)17-10-4-2-1-3-9(10)16/h7,9-10H,1-6,16H2,(H2,17,18,19)/t9-,10+/m0/s1. The van der Waals surface area contributed by atoms with E-state index in [9.17, 15) is 4.79 Å². The number of rotatable bonds is 3. The van der Waals surface area contributed by atoms with Gasteiger partial charge in [-0.1, -0.05) is 12.8 Å². The number of nitrogens with two attached hydrogens (primary N) is 1. The highest BCUT2D eigenvalue weighted by atomic mass is 35.5. The second-order valence-corrected chi connectivity index (χ2v) is 5.80. The number of pyridine rings is 1. The summed E-state index contributed by atoms with van der Waals surface area (Å²) in [6.07, 6.45) is 5.78. The van der Waals surface area contributed by atoms with Crippen molar-refractivity contribution >= 4 is 29.2 Å². The van der Waals surface area contributed by atoms with E-state index in [1.807, 2.05) is 6.07 Å². The number of anilines is 2. The van der Waals surface area contributed by atoms with E-state index in [0.29, 0.717) is 17.8 Å². The number of nitrogens with one attached hydrogen (secondary N) is 2. The van der Waals surface area contributed by atoms with Crippen LogP contribution in [0.3, 0.4) is 0 Å². The van der Waals surface area contributed by atoms with Gasteiger partial charge in [0.05, 0.1) is 5.56 Å². The molecule has 1 fully saturated rings. The fraction of sp³-hybridized carbons (Fsp3) is 0.571. The van der Waals surface area contributed by atoms with Crippen LogP contribution in [0.4, 0.5) is 11.6 Å². The van der Waals surface area contributed by atoms with Crippen LogP contribution in [0.25, 0.3) is 0 Å². The molecule has 0 spiro atoms. The molecule has 5 nitrogen and oxygen atoms in total. The maximum atomic E-state index is 11.8. The van der Waals surface area contributed by atoms with Gasteiger partial charge in [0.2, 0.25) is 0 Å². The Hall–Kier alpha value is -1.33. The normalized spacial score (nSPS) is 25.4. The molecular formula is C14H19ClN4O. The Morgan fingerprint density at radius 2 is 2.10 bits per heavy atom. The highest BCUT2D eigenvalue weighted by Gasteiger charge is 2.27. The van der Waals surface area contributed by atoms with Gasteiger partial charge in [0.1, 0.15) is 5.82 Å². The number of ketones is 1. The van der Waals surface area contributed by atoms with Crippen molar-refractivity contribution < 1.29 is 4.79 Å². The molecule has 0 aliphatic heterocycles. The van der Waals surface area contributed by atoms with Gasteiger partial charge in [-0.2, -0.15) is 0 Å². The molecule has 2 aliphatic rings. The second kappa shape index (κ2) is 5.58. The lowest BCUT2D eigenvalue weighted by Crippen LogP contribution is -2.42. The Bertz CT molecular complexity index is 534. The molecule has 20 heavy (non-hydrogen) atoms. The second-order valence-electron chi connectivity index (χ2n) is 5.61. The molecule has 0 saturated heterocycles. The zero-order valence-corrected chi connectivity index (χ0v) is 12.0. The number of aryl methyl sites for hydroxylation is 1. The molecule has 1 saturated carbocycles. The molecule has 0 radical (unpaired) electrons. The van der Waals surface area contributed by atoms with Crippen LogP contribution in [0.15, 0.2) is 6.07 Å². The highest BCUT2D eigenvalue weighted by Crippen LogP contribution is 2.31. The molecule has 0 amide bonds. The van der Waals surface area contributed by atoms with Gasteiger partial charge in [0.25, 0.3) is 0 Å². The third-order valence-electron chi connectivity index (χ3n) is 4.24. The SMILES string of the molecule is N[C@H]1CCCC[C@H]1Nc1cc2c(c(NCl)n1)C(=O)CC2. The largest absolute Gasteiger partial charge is 0.366 e. The lowest BCUT2D eigenvalue weighted by atomic mass is 9.91. The summed E-state index contributed by atoms with van der Waals surface area (Å²) in [5.41, 5.74) is 7.80. The molecule has 0 aromatic carbocycles. The van der Waals surface area contributed by atoms with Crippen molar-refractivity contribution in [1.82, 2.24) is 4.98 Å². The maximum Gasteiger partial charge on any atom is 0.167 e. The number of halogens is 1. The Morgan fingerprint density at radius 3 is 2.85 bits per heavy atom. The van der Waals surface area contributed by atoms with Gasteiger partial charge >= 0.3 is 0 Å². The smallest absolute Gasteiger partial charge is 0.167 e. The minimum Gasteiger partial charge on any atom is -0.366 e. The van der Waals surface area contributed by atoms with E-state index in [-0.39, 0.29) is 17.9 Å². The summed E-state index contributed by atoms with van der Waals surface area (Å²) in [6.45, 7) is 0. The molecule has 108 valence electrons. The Labute approximate surface area is 123 Å². The minimum atomic E-state index is 0.108. The van der Waals surface area contributed by atoms with E-state index in [1.54, 1.807) is 0 Å². The van der Waals surface area contributed by atoms with Gasteiger partial charge < -0.3 is 11.1 Å². The van der Waals surface area contributed by atoms with Crippen LogP contribution in [0.1, 0.15) is 48.0 Å². The first-order chi connectivity index (χ1) is 9.69. The first-order valence-corrected chi connectivity index (χ1v) is 7.52. The summed E-state index contributed by atoms with van der Waals surface area (Å²) in [5.74, 6) is 1.32. The van der Waals surface area contributed by atoms with Gasteiger partial charge in [-0.3, -0.25) is 9.63 Å².